The van der Waals surface area contributed by atoms with Crippen molar-refractivity contribution in [2.75, 3.05) is 20.2 Å². The van der Waals surface area contributed by atoms with Crippen molar-refractivity contribution in [2.45, 2.75) is 39.5 Å². The van der Waals surface area contributed by atoms with Gasteiger partial charge in [-0.2, -0.15) is 0 Å². The van der Waals surface area contributed by atoms with E-state index in [0.29, 0.717) is 0 Å². The highest BCUT2D eigenvalue weighted by molar-refractivity contribution is 7.09. The monoisotopic (exact) mass is 348 g/mol. The molecule has 24 heavy (non-hydrogen) atoms. The molecule has 2 aromatic rings. The second-order valence-corrected chi connectivity index (χ2v) is 7.54. The highest BCUT2D eigenvalue weighted by atomic mass is 32.1. The first-order valence-electron chi connectivity index (χ1n) is 8.21. The maximum Gasteiger partial charge on any atom is 0.305 e. The number of ether oxygens (including phenoxy) is 2. The van der Waals surface area contributed by atoms with E-state index in [1.54, 1.807) is 7.11 Å². The van der Waals surface area contributed by atoms with Gasteiger partial charge in [-0.25, -0.2) is 0 Å². The Bertz CT molecular complexity index is 758. The number of nitrogens with zero attached hydrogens (tertiary/aromatic N) is 1. The molecular formula is C18H24N2O3S. The molecule has 1 aliphatic heterocycles. The van der Waals surface area contributed by atoms with Gasteiger partial charge in [-0.1, -0.05) is 23.0 Å². The summed E-state index contributed by atoms with van der Waals surface area (Å²) in [5.74, 6) is 0.777. The van der Waals surface area contributed by atoms with Gasteiger partial charge < -0.3 is 14.5 Å². The number of benzene rings is 1. The molecule has 3 rings (SSSR count). The molecule has 1 saturated heterocycles. The van der Waals surface area contributed by atoms with Crippen LogP contribution in [0.4, 0.5) is 0 Å². The fourth-order valence-electron chi connectivity index (χ4n) is 3.32. The molecule has 2 unspecified atom stereocenters. The zero-order valence-corrected chi connectivity index (χ0v) is 15.4. The minimum atomic E-state index is -0.0297. The Hall–Kier alpha value is -1.63. The van der Waals surface area contributed by atoms with Crippen LogP contribution in [0.3, 0.4) is 0 Å². The van der Waals surface area contributed by atoms with Crippen LogP contribution in [0, 0.1) is 6.92 Å². The summed E-state index contributed by atoms with van der Waals surface area (Å²) in [7, 11) is 1.66. The van der Waals surface area contributed by atoms with Crippen molar-refractivity contribution in [3.63, 3.8) is 0 Å². The molecule has 5 nitrogen and oxygen atoms in total. The quantitative estimate of drug-likeness (QED) is 0.923. The van der Waals surface area contributed by atoms with Gasteiger partial charge in [-0.05, 0) is 32.9 Å². The number of methoxy groups -OCH3 is 1. The van der Waals surface area contributed by atoms with Crippen molar-refractivity contribution in [3.8, 4) is 17.0 Å². The summed E-state index contributed by atoms with van der Waals surface area (Å²) in [5.41, 5.74) is 2.95. The van der Waals surface area contributed by atoms with Crippen molar-refractivity contribution in [1.82, 2.24) is 9.88 Å². The lowest BCUT2D eigenvalue weighted by Gasteiger charge is -2.35. The van der Waals surface area contributed by atoms with E-state index in [2.05, 4.69) is 29.8 Å². The smallest absolute Gasteiger partial charge is 0.305 e. The van der Waals surface area contributed by atoms with Crippen LogP contribution in [0.25, 0.3) is 11.3 Å². The molecule has 2 atom stereocenters. The number of aryl methyl sites for hydroxylation is 1. The second kappa shape index (κ2) is 7.09. The fourth-order valence-corrected chi connectivity index (χ4v) is 4.21. The number of thiazole rings is 1. The third-order valence-electron chi connectivity index (χ3n) is 4.21. The van der Waals surface area contributed by atoms with Crippen LogP contribution in [0.15, 0.2) is 23.0 Å². The Morgan fingerprint density at radius 2 is 2.04 bits per heavy atom. The van der Waals surface area contributed by atoms with Gasteiger partial charge in [0, 0.05) is 30.1 Å². The minimum Gasteiger partial charge on any atom is -0.496 e. The van der Waals surface area contributed by atoms with E-state index in [0.717, 1.165) is 47.1 Å². The van der Waals surface area contributed by atoms with Crippen molar-refractivity contribution in [2.24, 2.45) is 0 Å². The molecule has 1 N–H and O–H groups in total. The van der Waals surface area contributed by atoms with Gasteiger partial charge in [0.1, 0.15) is 5.75 Å². The average molecular weight is 348 g/mol. The van der Waals surface area contributed by atoms with Crippen LogP contribution >= 0.6 is 11.3 Å². The predicted molar refractivity (Wildman–Crippen MR) is 97.0 cm³/mol. The summed E-state index contributed by atoms with van der Waals surface area (Å²) < 4.78 is 11.3. The lowest BCUT2D eigenvalue weighted by Crippen LogP contribution is -2.44. The molecule has 1 fully saturated rings. The maximum atomic E-state index is 12.0. The zero-order valence-electron chi connectivity index (χ0n) is 14.6. The molecule has 2 heterocycles. The fraction of sp³-hybridized carbons (Fsp3) is 0.500. The van der Waals surface area contributed by atoms with Gasteiger partial charge in [0.2, 0.25) is 0 Å². The summed E-state index contributed by atoms with van der Waals surface area (Å²) >= 11 is 1.28. The lowest BCUT2D eigenvalue weighted by atomic mass is 10.1. The highest BCUT2D eigenvalue weighted by Crippen LogP contribution is 2.33. The summed E-state index contributed by atoms with van der Waals surface area (Å²) in [6.07, 6.45) is 0.419. The van der Waals surface area contributed by atoms with Gasteiger partial charge in [-0.3, -0.25) is 9.69 Å². The second-order valence-electron chi connectivity index (χ2n) is 6.47. The van der Waals surface area contributed by atoms with Gasteiger partial charge >= 0.3 is 4.87 Å². The van der Waals surface area contributed by atoms with E-state index in [4.69, 9.17) is 9.47 Å². The van der Waals surface area contributed by atoms with Crippen molar-refractivity contribution in [1.29, 1.82) is 0 Å². The average Bonchev–Trinajstić information content (AvgIpc) is 2.86. The van der Waals surface area contributed by atoms with Gasteiger partial charge in [-0.15, -0.1) is 0 Å². The van der Waals surface area contributed by atoms with Crippen molar-refractivity contribution in [3.05, 3.63) is 38.3 Å². The molecule has 0 aliphatic carbocycles. The molecule has 0 radical (unpaired) electrons. The third-order valence-corrected chi connectivity index (χ3v) is 5.08. The number of hydrogen-bond donors (Lipinski definition) is 1. The molecule has 1 aromatic carbocycles. The zero-order chi connectivity index (χ0) is 17.3. The van der Waals surface area contributed by atoms with Gasteiger partial charge in [0.05, 0.1) is 25.0 Å². The molecule has 0 saturated carbocycles. The van der Waals surface area contributed by atoms with Crippen molar-refractivity contribution < 1.29 is 9.47 Å². The van der Waals surface area contributed by atoms with E-state index in [-0.39, 0.29) is 17.1 Å². The van der Waals surface area contributed by atoms with Gasteiger partial charge in [0.25, 0.3) is 0 Å². The first kappa shape index (κ1) is 17.2. The number of aromatic amines is 1. The highest BCUT2D eigenvalue weighted by Gasteiger charge is 2.24. The molecule has 1 aliphatic rings. The lowest BCUT2D eigenvalue weighted by molar-refractivity contribution is -0.0702. The molecule has 0 bridgehead atoms. The Labute approximate surface area is 146 Å². The number of aromatic nitrogens is 1. The minimum absolute atomic E-state index is 0.0297. The van der Waals surface area contributed by atoms with E-state index < -0.39 is 0 Å². The Morgan fingerprint density at radius 1 is 1.33 bits per heavy atom. The van der Waals surface area contributed by atoms with Crippen molar-refractivity contribution >= 4 is 11.3 Å². The van der Waals surface area contributed by atoms with Gasteiger partial charge in [0.15, 0.2) is 0 Å². The van der Waals surface area contributed by atoms with Crippen LogP contribution in [-0.2, 0) is 11.3 Å². The third kappa shape index (κ3) is 3.71. The Balaban J connectivity index is 1.94. The number of rotatable bonds is 4. The maximum absolute atomic E-state index is 12.0. The number of nitrogens with one attached hydrogen (secondary N) is 1. The topological polar surface area (TPSA) is 54.6 Å². The van der Waals surface area contributed by atoms with Crippen LogP contribution in [-0.4, -0.2) is 42.3 Å². The van der Waals surface area contributed by atoms with E-state index in [9.17, 15) is 4.79 Å². The molecule has 0 amide bonds. The van der Waals surface area contributed by atoms with E-state index >= 15 is 0 Å². The van der Waals surface area contributed by atoms with Crippen LogP contribution in [0.1, 0.15) is 24.3 Å². The Morgan fingerprint density at radius 3 is 2.71 bits per heavy atom. The summed E-state index contributed by atoms with van der Waals surface area (Å²) in [5, 5.41) is 0. The first-order chi connectivity index (χ1) is 11.5. The van der Waals surface area contributed by atoms with Crippen LogP contribution < -0.4 is 9.61 Å². The molecule has 0 spiro atoms. The number of morpholine rings is 1. The summed E-state index contributed by atoms with van der Waals surface area (Å²) in [6.45, 7) is 8.72. The van der Waals surface area contributed by atoms with E-state index in [1.807, 2.05) is 19.1 Å². The van der Waals surface area contributed by atoms with E-state index in [1.165, 1.54) is 11.3 Å². The summed E-state index contributed by atoms with van der Waals surface area (Å²) in [6, 6.07) is 6.02. The predicted octanol–water partition coefficient (Wildman–Crippen LogP) is 3.03. The normalized spacial score (nSPS) is 21.8. The SMILES string of the molecule is COc1ccc(C)cc1-c1[nH]c(=O)sc1CN1CC(C)OC(C)C1. The number of hydrogen-bond acceptors (Lipinski definition) is 5. The molecular weight excluding hydrogens is 324 g/mol. The standard InChI is InChI=1S/C18H24N2O3S/c1-11-5-6-15(22-4)14(7-11)17-16(24-18(21)19-17)10-20-8-12(2)23-13(3)9-20/h5-7,12-13H,8-10H2,1-4H3,(H,19,21). The first-order valence-corrected chi connectivity index (χ1v) is 9.02. The van der Waals surface area contributed by atoms with Crippen LogP contribution in [0.2, 0.25) is 0 Å². The van der Waals surface area contributed by atoms with Crippen LogP contribution in [0.5, 0.6) is 5.75 Å². The Kier molecular flexibility index (Phi) is 5.08. The number of H-pyrrole nitrogens is 1. The molecule has 6 heteroatoms. The molecule has 130 valence electrons. The molecule has 1 aromatic heterocycles. The largest absolute Gasteiger partial charge is 0.496 e. The summed E-state index contributed by atoms with van der Waals surface area (Å²) in [4.78, 5) is 18.4.